The van der Waals surface area contributed by atoms with Crippen molar-refractivity contribution < 1.29 is 50.9 Å². The highest BCUT2D eigenvalue weighted by Gasteiger charge is 2.43. The Morgan fingerprint density at radius 3 is 2.33 bits per heavy atom. The van der Waals surface area contributed by atoms with Gasteiger partial charge in [0.05, 0.1) is 55.9 Å². The van der Waals surface area contributed by atoms with Crippen molar-refractivity contribution in [3.05, 3.63) is 41.3 Å². The lowest BCUT2D eigenvalue weighted by molar-refractivity contribution is -0.141. The standard InChI is InChI=1S/C39H52F4N6O7S/c1-25-12-11-15-48(25)35(51)34(37(2,3)4)46-30(50)23-55-19-18-54-16-9-10-17-56-31-20-29(53-8)28(22-45-31)49(24-57)38(5,6)36(52)47(7)27-14-13-26(21-44)32(33(27)40)39(41,42)43/h13-14,20,22,24-25,34H,9-12,15-19,23H2,1-8H3,(H,46,50). The van der Waals surface area contributed by atoms with Gasteiger partial charge in [-0.05, 0) is 64.0 Å². The molecule has 18 heteroatoms. The first-order valence-electron chi connectivity index (χ1n) is 18.4. The van der Waals surface area contributed by atoms with E-state index in [0.29, 0.717) is 26.0 Å². The number of carbonyl (C=O) groups is 3. The molecule has 0 bridgehead atoms. The third-order valence-corrected chi connectivity index (χ3v) is 9.73. The molecule has 1 aliphatic heterocycles. The molecule has 0 saturated carbocycles. The Morgan fingerprint density at radius 2 is 1.75 bits per heavy atom. The van der Waals surface area contributed by atoms with E-state index in [1.165, 1.54) is 44.2 Å². The molecule has 1 saturated heterocycles. The Hall–Kier alpha value is -4.60. The van der Waals surface area contributed by atoms with Gasteiger partial charge in [-0.15, -0.1) is 0 Å². The van der Waals surface area contributed by atoms with Crippen LogP contribution in [0.2, 0.25) is 0 Å². The van der Waals surface area contributed by atoms with Gasteiger partial charge < -0.3 is 39.0 Å². The molecule has 2 atom stereocenters. The van der Waals surface area contributed by atoms with Crippen molar-refractivity contribution in [2.24, 2.45) is 5.41 Å². The summed E-state index contributed by atoms with van der Waals surface area (Å²) in [6.07, 6.45) is -0.662. The normalized spacial score (nSPS) is 15.1. The van der Waals surface area contributed by atoms with Crippen LogP contribution in [0.4, 0.5) is 28.9 Å². The number of unbranched alkanes of at least 4 members (excludes halogenated alkanes) is 1. The van der Waals surface area contributed by atoms with Crippen LogP contribution in [0.3, 0.4) is 0 Å². The fourth-order valence-electron chi connectivity index (χ4n) is 6.29. The molecule has 1 aliphatic rings. The zero-order chi connectivity index (χ0) is 42.7. The maximum Gasteiger partial charge on any atom is 0.420 e. The van der Waals surface area contributed by atoms with Crippen LogP contribution in [0.15, 0.2) is 24.4 Å². The van der Waals surface area contributed by atoms with Gasteiger partial charge in [0.1, 0.15) is 35.2 Å². The van der Waals surface area contributed by atoms with Gasteiger partial charge >= 0.3 is 6.18 Å². The number of nitrogens with one attached hydrogen (secondary N) is 1. The van der Waals surface area contributed by atoms with Crippen LogP contribution < -0.4 is 24.6 Å². The zero-order valence-corrected chi connectivity index (χ0v) is 34.4. The lowest BCUT2D eigenvalue weighted by Gasteiger charge is -2.38. The van der Waals surface area contributed by atoms with Crippen molar-refractivity contribution >= 4 is 46.8 Å². The number of methoxy groups -OCH3 is 1. The Kier molecular flexibility index (Phi) is 16.6. The Balaban J connectivity index is 1.47. The first-order chi connectivity index (χ1) is 26.7. The minimum atomic E-state index is -5.17. The van der Waals surface area contributed by atoms with Crippen LogP contribution in [0, 0.1) is 22.6 Å². The first kappa shape index (κ1) is 46.8. The highest BCUT2D eigenvalue weighted by molar-refractivity contribution is 7.79. The van der Waals surface area contributed by atoms with E-state index in [9.17, 15) is 27.6 Å². The van der Waals surface area contributed by atoms with E-state index in [1.807, 2.05) is 32.6 Å². The summed E-state index contributed by atoms with van der Waals surface area (Å²) in [5.74, 6) is -2.60. The molecule has 314 valence electrons. The van der Waals surface area contributed by atoms with Gasteiger partial charge in [-0.3, -0.25) is 14.4 Å². The molecule has 2 unspecified atom stereocenters. The number of hydrogen-bond acceptors (Lipinski definition) is 10. The second-order valence-electron chi connectivity index (χ2n) is 15.1. The van der Waals surface area contributed by atoms with Crippen molar-refractivity contribution in [1.29, 1.82) is 5.26 Å². The number of likely N-dealkylation sites (tertiary alicyclic amines) is 1. The summed E-state index contributed by atoms with van der Waals surface area (Å²) < 4.78 is 78.4. The molecule has 1 fully saturated rings. The summed E-state index contributed by atoms with van der Waals surface area (Å²) in [5.41, 5.74) is -4.04. The smallest absolute Gasteiger partial charge is 0.420 e. The van der Waals surface area contributed by atoms with Gasteiger partial charge in [0, 0.05) is 32.3 Å². The number of anilines is 2. The number of nitriles is 1. The number of carbonyl (C=O) groups excluding carboxylic acids is 3. The van der Waals surface area contributed by atoms with Gasteiger partial charge in [0.15, 0.2) is 5.82 Å². The van der Waals surface area contributed by atoms with E-state index in [-0.39, 0.29) is 61.6 Å². The highest BCUT2D eigenvalue weighted by atomic mass is 32.1. The quantitative estimate of drug-likeness (QED) is 0.100. The molecule has 57 heavy (non-hydrogen) atoms. The number of pyridine rings is 1. The molecule has 0 aliphatic carbocycles. The van der Waals surface area contributed by atoms with Crippen LogP contribution in [0.1, 0.15) is 78.4 Å². The van der Waals surface area contributed by atoms with Gasteiger partial charge in [-0.1, -0.05) is 33.0 Å². The molecular formula is C39H52F4N6O7S. The SMILES string of the molecule is COc1cc(OCCCCOCCOCC(=O)NC(C(=O)N2CCCC2C)C(C)(C)C)ncc1N(C=S)C(C)(C)C(=O)N(C)c1ccc(C#N)c(C(F)(F)F)c1F. The molecule has 2 heterocycles. The Bertz CT molecular complexity index is 1780. The van der Waals surface area contributed by atoms with E-state index < -0.39 is 51.7 Å². The fraction of sp³-hybridized carbons (Fsp3) is 0.590. The number of aromatic nitrogens is 1. The van der Waals surface area contributed by atoms with Crippen LogP contribution in [-0.2, 0) is 30.0 Å². The van der Waals surface area contributed by atoms with Crippen LogP contribution in [0.25, 0.3) is 0 Å². The zero-order valence-electron chi connectivity index (χ0n) is 33.6. The van der Waals surface area contributed by atoms with Crippen molar-refractivity contribution in [3.63, 3.8) is 0 Å². The topological polar surface area (TPSA) is 147 Å². The van der Waals surface area contributed by atoms with E-state index in [0.717, 1.165) is 42.4 Å². The average molecular weight is 825 g/mol. The van der Waals surface area contributed by atoms with E-state index in [4.69, 9.17) is 36.4 Å². The molecule has 0 spiro atoms. The predicted molar refractivity (Wildman–Crippen MR) is 209 cm³/mol. The third-order valence-electron chi connectivity index (χ3n) is 9.52. The second-order valence-corrected chi connectivity index (χ2v) is 15.3. The fourth-order valence-corrected chi connectivity index (χ4v) is 6.66. The molecule has 1 aromatic carbocycles. The molecule has 3 rings (SSSR count). The molecule has 1 aromatic heterocycles. The summed E-state index contributed by atoms with van der Waals surface area (Å²) in [4.78, 5) is 47.6. The van der Waals surface area contributed by atoms with Gasteiger partial charge in [-0.25, -0.2) is 9.37 Å². The summed E-state index contributed by atoms with van der Waals surface area (Å²) in [7, 11) is 2.50. The number of thiocarbonyl (C=S) groups is 1. The number of hydrogen-bond donors (Lipinski definition) is 1. The number of ether oxygens (including phenoxy) is 4. The molecule has 13 nitrogen and oxygen atoms in total. The first-order valence-corrected chi connectivity index (χ1v) is 18.9. The maximum atomic E-state index is 15.2. The lowest BCUT2D eigenvalue weighted by atomic mass is 9.85. The predicted octanol–water partition coefficient (Wildman–Crippen LogP) is 6.06. The number of nitrogens with zero attached hydrogens (tertiary/aromatic N) is 5. The van der Waals surface area contributed by atoms with Gasteiger partial charge in [0.25, 0.3) is 5.91 Å². The molecule has 0 radical (unpaired) electrons. The number of halogens is 4. The van der Waals surface area contributed by atoms with E-state index >= 15 is 4.39 Å². The monoisotopic (exact) mass is 824 g/mol. The molecule has 1 N–H and O–H groups in total. The Labute approximate surface area is 336 Å². The van der Waals surface area contributed by atoms with Gasteiger partial charge in [-0.2, -0.15) is 18.4 Å². The Morgan fingerprint density at radius 1 is 1.09 bits per heavy atom. The molecular weight excluding hydrogens is 773 g/mol. The van der Waals surface area contributed by atoms with Crippen molar-refractivity contribution in [3.8, 4) is 17.7 Å². The van der Waals surface area contributed by atoms with Crippen molar-refractivity contribution in [2.45, 2.75) is 91.0 Å². The number of likely N-dealkylation sites (N-methyl/N-ethyl adjacent to an activating group) is 1. The maximum absolute atomic E-state index is 15.2. The molecule has 2 aromatic rings. The van der Waals surface area contributed by atoms with Crippen molar-refractivity contribution in [2.75, 3.05) is 63.5 Å². The largest absolute Gasteiger partial charge is 0.494 e. The minimum Gasteiger partial charge on any atom is -0.494 e. The van der Waals surface area contributed by atoms with Gasteiger partial charge in [0.2, 0.25) is 17.7 Å². The lowest BCUT2D eigenvalue weighted by Crippen LogP contribution is -2.56. The van der Waals surface area contributed by atoms with Crippen LogP contribution in [-0.4, -0.2) is 104 Å². The average Bonchev–Trinajstić information content (AvgIpc) is 3.58. The minimum absolute atomic E-state index is 0.0750. The highest BCUT2D eigenvalue weighted by Crippen LogP contribution is 2.39. The van der Waals surface area contributed by atoms with E-state index in [1.54, 1.807) is 0 Å². The van der Waals surface area contributed by atoms with E-state index in [2.05, 4.69) is 10.3 Å². The third kappa shape index (κ3) is 12.0. The number of alkyl halides is 3. The van der Waals surface area contributed by atoms with Crippen molar-refractivity contribution in [1.82, 2.24) is 15.2 Å². The summed E-state index contributed by atoms with van der Waals surface area (Å²) in [6, 6.07) is 4.05. The second kappa shape index (κ2) is 20.2. The van der Waals surface area contributed by atoms with Crippen LogP contribution in [0.5, 0.6) is 11.6 Å². The summed E-state index contributed by atoms with van der Waals surface area (Å²) in [6.45, 7) is 12.3. The van der Waals surface area contributed by atoms with Crippen LogP contribution >= 0.6 is 12.2 Å². The molecule has 3 amide bonds. The number of rotatable bonds is 19. The summed E-state index contributed by atoms with van der Waals surface area (Å²) >= 11 is 5.21. The number of amides is 3. The number of benzene rings is 1. The summed E-state index contributed by atoms with van der Waals surface area (Å²) in [5, 5.41) is 11.9.